The zero-order chi connectivity index (χ0) is 23.5. The van der Waals surface area contributed by atoms with Crippen molar-refractivity contribution >= 4 is 38.9 Å². The van der Waals surface area contributed by atoms with E-state index in [2.05, 4.69) is 10.0 Å². The lowest BCUT2D eigenvalue weighted by Gasteiger charge is -2.14. The van der Waals surface area contributed by atoms with Gasteiger partial charge in [-0.2, -0.15) is 0 Å². The van der Waals surface area contributed by atoms with E-state index in [1.54, 1.807) is 31.2 Å². The zero-order valence-electron chi connectivity index (χ0n) is 18.0. The number of hydrogen-bond donors (Lipinski definition) is 2. The quantitative estimate of drug-likeness (QED) is 0.501. The van der Waals surface area contributed by atoms with Gasteiger partial charge in [-0.25, -0.2) is 8.42 Å². The summed E-state index contributed by atoms with van der Waals surface area (Å²) < 4.78 is 39.1. The Labute approximate surface area is 192 Å². The fourth-order valence-corrected chi connectivity index (χ4v) is 4.65. The maximum atomic E-state index is 13.0. The van der Waals surface area contributed by atoms with E-state index in [0.717, 1.165) is 11.1 Å². The van der Waals surface area contributed by atoms with Crippen LogP contribution in [-0.4, -0.2) is 28.5 Å². The van der Waals surface area contributed by atoms with Crippen molar-refractivity contribution in [3.8, 4) is 11.5 Å². The van der Waals surface area contributed by atoms with E-state index in [4.69, 9.17) is 21.1 Å². The lowest BCUT2D eigenvalue weighted by molar-refractivity contribution is 0.102. The molecule has 0 aliphatic heterocycles. The second kappa shape index (κ2) is 9.50. The molecule has 1 amide bonds. The van der Waals surface area contributed by atoms with Gasteiger partial charge in [0.25, 0.3) is 15.9 Å². The van der Waals surface area contributed by atoms with Crippen LogP contribution in [0.5, 0.6) is 11.5 Å². The van der Waals surface area contributed by atoms with Crippen LogP contribution in [0.4, 0.5) is 11.4 Å². The molecule has 0 aliphatic carbocycles. The van der Waals surface area contributed by atoms with Gasteiger partial charge in [0.15, 0.2) is 0 Å². The molecule has 0 saturated heterocycles. The molecular weight excluding hydrogens is 452 g/mol. The van der Waals surface area contributed by atoms with Crippen LogP contribution in [0.3, 0.4) is 0 Å². The first-order valence-electron chi connectivity index (χ1n) is 9.57. The molecule has 0 fully saturated rings. The van der Waals surface area contributed by atoms with Gasteiger partial charge in [0, 0.05) is 11.6 Å². The average Bonchev–Trinajstić information content (AvgIpc) is 2.76. The first-order chi connectivity index (χ1) is 15.1. The predicted molar refractivity (Wildman–Crippen MR) is 126 cm³/mol. The van der Waals surface area contributed by atoms with E-state index >= 15 is 0 Å². The molecule has 3 aromatic rings. The van der Waals surface area contributed by atoms with Gasteiger partial charge in [0.2, 0.25) is 0 Å². The summed E-state index contributed by atoms with van der Waals surface area (Å²) in [6, 6.07) is 14.4. The molecule has 0 atom stereocenters. The number of hydrogen-bond acceptors (Lipinski definition) is 5. The van der Waals surface area contributed by atoms with Crippen LogP contribution in [0.2, 0.25) is 5.02 Å². The van der Waals surface area contributed by atoms with Gasteiger partial charge in [-0.3, -0.25) is 9.52 Å². The Morgan fingerprint density at radius 3 is 2.34 bits per heavy atom. The number of rotatable bonds is 7. The van der Waals surface area contributed by atoms with E-state index in [9.17, 15) is 13.2 Å². The van der Waals surface area contributed by atoms with Crippen molar-refractivity contribution in [2.24, 2.45) is 0 Å². The molecule has 2 N–H and O–H groups in total. The maximum absolute atomic E-state index is 13.0. The average molecular weight is 475 g/mol. The Kier molecular flexibility index (Phi) is 6.96. The van der Waals surface area contributed by atoms with Crippen molar-refractivity contribution in [1.29, 1.82) is 0 Å². The summed E-state index contributed by atoms with van der Waals surface area (Å²) in [5, 5.41) is 2.71. The van der Waals surface area contributed by atoms with E-state index in [1.165, 1.54) is 32.4 Å². The number of amides is 1. The smallest absolute Gasteiger partial charge is 0.263 e. The highest BCUT2D eigenvalue weighted by Crippen LogP contribution is 2.31. The Morgan fingerprint density at radius 2 is 1.66 bits per heavy atom. The lowest BCUT2D eigenvalue weighted by atomic mass is 10.1. The second-order valence-electron chi connectivity index (χ2n) is 7.09. The molecule has 3 aromatic carbocycles. The van der Waals surface area contributed by atoms with Crippen LogP contribution in [-0.2, 0) is 10.0 Å². The number of aryl methyl sites for hydroxylation is 2. The van der Waals surface area contributed by atoms with Gasteiger partial charge in [-0.05, 0) is 61.4 Å². The topological polar surface area (TPSA) is 93.7 Å². The van der Waals surface area contributed by atoms with E-state index in [-0.39, 0.29) is 15.5 Å². The fraction of sp³-hybridized carbons (Fsp3) is 0.174. The SMILES string of the molecule is COc1ccc(OC)c(NC(=O)c2ccc(Cl)c(S(=O)(=O)Nc3cc(C)ccc3C)c2)c1. The van der Waals surface area contributed by atoms with Crippen molar-refractivity contribution in [3.05, 3.63) is 76.3 Å². The molecule has 0 saturated carbocycles. The summed E-state index contributed by atoms with van der Waals surface area (Å²) in [6.07, 6.45) is 0. The molecule has 0 aliphatic rings. The first-order valence-corrected chi connectivity index (χ1v) is 11.4. The molecule has 0 aromatic heterocycles. The van der Waals surface area contributed by atoms with Crippen LogP contribution in [0.25, 0.3) is 0 Å². The molecule has 3 rings (SSSR count). The number of nitrogens with one attached hydrogen (secondary N) is 2. The Balaban J connectivity index is 1.93. The normalized spacial score (nSPS) is 11.0. The third kappa shape index (κ3) is 5.15. The van der Waals surface area contributed by atoms with Gasteiger partial charge in [-0.15, -0.1) is 0 Å². The van der Waals surface area contributed by atoms with Crippen LogP contribution in [0.1, 0.15) is 21.5 Å². The predicted octanol–water partition coefficient (Wildman–Crippen LogP) is 5.03. The second-order valence-corrected chi connectivity index (χ2v) is 9.15. The molecule has 0 spiro atoms. The van der Waals surface area contributed by atoms with Gasteiger partial charge in [-0.1, -0.05) is 23.7 Å². The number of halogens is 1. The number of sulfonamides is 1. The van der Waals surface area contributed by atoms with Crippen molar-refractivity contribution in [1.82, 2.24) is 0 Å². The third-order valence-electron chi connectivity index (χ3n) is 4.78. The number of methoxy groups -OCH3 is 2. The zero-order valence-corrected chi connectivity index (χ0v) is 19.6. The molecule has 32 heavy (non-hydrogen) atoms. The number of benzene rings is 3. The van der Waals surface area contributed by atoms with Gasteiger partial charge >= 0.3 is 0 Å². The molecule has 9 heteroatoms. The number of carbonyl (C=O) groups is 1. The van der Waals surface area contributed by atoms with Gasteiger partial charge < -0.3 is 14.8 Å². The molecule has 0 unspecified atom stereocenters. The minimum absolute atomic E-state index is 0.00156. The maximum Gasteiger partial charge on any atom is 0.263 e. The summed E-state index contributed by atoms with van der Waals surface area (Å²) in [4.78, 5) is 12.7. The highest BCUT2D eigenvalue weighted by molar-refractivity contribution is 7.92. The highest BCUT2D eigenvalue weighted by Gasteiger charge is 2.22. The minimum atomic E-state index is -4.04. The Morgan fingerprint density at radius 1 is 0.906 bits per heavy atom. The largest absolute Gasteiger partial charge is 0.497 e. The number of ether oxygens (including phenoxy) is 2. The fourth-order valence-electron chi connectivity index (χ4n) is 3.00. The van der Waals surface area contributed by atoms with Crippen molar-refractivity contribution in [3.63, 3.8) is 0 Å². The summed E-state index contributed by atoms with van der Waals surface area (Å²) in [6.45, 7) is 3.66. The summed E-state index contributed by atoms with van der Waals surface area (Å²) in [7, 11) is -1.06. The molecule has 0 heterocycles. The van der Waals surface area contributed by atoms with Crippen molar-refractivity contribution in [2.75, 3.05) is 24.3 Å². The van der Waals surface area contributed by atoms with Crippen LogP contribution < -0.4 is 19.5 Å². The van der Waals surface area contributed by atoms with E-state index in [1.807, 2.05) is 19.1 Å². The van der Waals surface area contributed by atoms with Crippen LogP contribution in [0, 0.1) is 13.8 Å². The van der Waals surface area contributed by atoms with Gasteiger partial charge in [0.05, 0.1) is 30.6 Å². The van der Waals surface area contributed by atoms with Crippen molar-refractivity contribution in [2.45, 2.75) is 18.7 Å². The molecule has 168 valence electrons. The van der Waals surface area contributed by atoms with Crippen LogP contribution >= 0.6 is 11.6 Å². The van der Waals surface area contributed by atoms with E-state index in [0.29, 0.717) is 22.9 Å². The third-order valence-corrected chi connectivity index (χ3v) is 6.62. The molecule has 0 bridgehead atoms. The standard InChI is InChI=1S/C23H23ClN2O5S/c1-14-5-6-15(2)19(11-14)26-32(28,29)22-12-16(7-9-18(22)24)23(27)25-20-13-17(30-3)8-10-21(20)31-4/h5-13,26H,1-4H3,(H,25,27). The molecular formula is C23H23ClN2O5S. The summed E-state index contributed by atoms with van der Waals surface area (Å²) >= 11 is 6.18. The summed E-state index contributed by atoms with van der Waals surface area (Å²) in [5.74, 6) is 0.423. The van der Waals surface area contributed by atoms with Crippen LogP contribution in [0.15, 0.2) is 59.5 Å². The summed E-state index contributed by atoms with van der Waals surface area (Å²) in [5.41, 5.74) is 2.59. The highest BCUT2D eigenvalue weighted by atomic mass is 35.5. The van der Waals surface area contributed by atoms with Gasteiger partial charge in [0.1, 0.15) is 16.4 Å². The molecule has 0 radical (unpaired) electrons. The Bertz CT molecular complexity index is 1280. The first kappa shape index (κ1) is 23.4. The number of anilines is 2. The minimum Gasteiger partial charge on any atom is -0.497 e. The number of carbonyl (C=O) groups excluding carboxylic acids is 1. The Hall–Kier alpha value is -3.23. The molecule has 7 nitrogen and oxygen atoms in total. The monoisotopic (exact) mass is 474 g/mol. The van der Waals surface area contributed by atoms with E-state index < -0.39 is 15.9 Å². The lowest BCUT2D eigenvalue weighted by Crippen LogP contribution is -2.17. The van der Waals surface area contributed by atoms with Crippen molar-refractivity contribution < 1.29 is 22.7 Å².